The predicted molar refractivity (Wildman–Crippen MR) is 110 cm³/mol. The molecular weight excluding hydrogens is 368 g/mol. The summed E-state index contributed by atoms with van der Waals surface area (Å²) in [6.45, 7) is 0. The minimum absolute atomic E-state index is 0.0636. The molecule has 29 heavy (non-hydrogen) atoms. The number of aromatic nitrogens is 2. The summed E-state index contributed by atoms with van der Waals surface area (Å²) in [7, 11) is 1.48. The van der Waals surface area contributed by atoms with Crippen molar-refractivity contribution in [2.24, 2.45) is 7.05 Å². The van der Waals surface area contributed by atoms with Gasteiger partial charge in [-0.25, -0.2) is 4.68 Å². The average Bonchev–Trinajstić information content (AvgIpc) is 2.74. The Morgan fingerprint density at radius 3 is 2.38 bits per heavy atom. The molecule has 0 bridgehead atoms. The van der Waals surface area contributed by atoms with Gasteiger partial charge in [-0.3, -0.25) is 25.2 Å². The summed E-state index contributed by atoms with van der Waals surface area (Å²) >= 11 is 0. The highest BCUT2D eigenvalue weighted by Gasteiger charge is 2.16. The molecule has 0 radical (unpaired) electrons. The molecule has 3 aromatic carbocycles. The number of hydrazine groups is 1. The number of hydrogen-bond donors (Lipinski definition) is 2. The van der Waals surface area contributed by atoms with Gasteiger partial charge >= 0.3 is 0 Å². The van der Waals surface area contributed by atoms with Crippen LogP contribution >= 0.6 is 0 Å². The zero-order chi connectivity index (χ0) is 20.4. The van der Waals surface area contributed by atoms with Gasteiger partial charge in [0.1, 0.15) is 0 Å². The first-order valence-corrected chi connectivity index (χ1v) is 9.06. The summed E-state index contributed by atoms with van der Waals surface area (Å²) in [4.78, 5) is 37.0. The second-order valence-corrected chi connectivity index (χ2v) is 6.68. The summed E-state index contributed by atoms with van der Waals surface area (Å²) in [5, 5.41) is 6.99. The van der Waals surface area contributed by atoms with E-state index in [9.17, 15) is 14.4 Å². The molecule has 0 aliphatic carbocycles. The first kappa shape index (κ1) is 18.4. The van der Waals surface area contributed by atoms with Crippen LogP contribution in [0.3, 0.4) is 0 Å². The van der Waals surface area contributed by atoms with Crippen molar-refractivity contribution in [3.63, 3.8) is 0 Å². The van der Waals surface area contributed by atoms with E-state index in [2.05, 4.69) is 16.0 Å². The number of benzene rings is 3. The SMILES string of the molecule is Cn1nc(C(=O)NNC(=O)Cc2ccc3ccccc3c2)c2ccccc2c1=O. The van der Waals surface area contributed by atoms with Gasteiger partial charge in [-0.15, -0.1) is 0 Å². The largest absolute Gasteiger partial charge is 0.290 e. The molecule has 4 aromatic rings. The molecule has 0 aliphatic rings. The van der Waals surface area contributed by atoms with Gasteiger partial charge in [0.15, 0.2) is 5.69 Å². The summed E-state index contributed by atoms with van der Waals surface area (Å²) in [6, 6.07) is 20.4. The molecule has 0 spiro atoms. The number of nitrogens with zero attached hydrogens (tertiary/aromatic N) is 2. The fourth-order valence-corrected chi connectivity index (χ4v) is 3.23. The lowest BCUT2D eigenvalue weighted by molar-refractivity contribution is -0.121. The van der Waals surface area contributed by atoms with Crippen molar-refractivity contribution in [1.82, 2.24) is 20.6 Å². The number of fused-ring (bicyclic) bond motifs is 2. The summed E-state index contributed by atoms with van der Waals surface area (Å²) in [5.74, 6) is -0.952. The highest BCUT2D eigenvalue weighted by molar-refractivity contribution is 6.05. The molecule has 0 fully saturated rings. The molecule has 1 heterocycles. The van der Waals surface area contributed by atoms with Crippen molar-refractivity contribution in [2.75, 3.05) is 0 Å². The number of rotatable bonds is 3. The Morgan fingerprint density at radius 2 is 1.59 bits per heavy atom. The molecule has 0 unspecified atom stereocenters. The van der Waals surface area contributed by atoms with Crippen LogP contribution in [-0.2, 0) is 18.3 Å². The van der Waals surface area contributed by atoms with Crippen LogP contribution in [0.1, 0.15) is 16.1 Å². The van der Waals surface area contributed by atoms with Crippen molar-refractivity contribution < 1.29 is 9.59 Å². The van der Waals surface area contributed by atoms with Crippen LogP contribution in [0.4, 0.5) is 0 Å². The Hall–Kier alpha value is -4.00. The van der Waals surface area contributed by atoms with Gasteiger partial charge in [0, 0.05) is 12.4 Å². The van der Waals surface area contributed by atoms with E-state index in [0.29, 0.717) is 10.8 Å². The molecule has 0 aliphatic heterocycles. The van der Waals surface area contributed by atoms with E-state index in [-0.39, 0.29) is 23.6 Å². The monoisotopic (exact) mass is 386 g/mol. The van der Waals surface area contributed by atoms with Gasteiger partial charge in [-0.1, -0.05) is 60.7 Å². The van der Waals surface area contributed by atoms with E-state index in [0.717, 1.165) is 21.0 Å². The Bertz CT molecular complexity index is 1310. The van der Waals surface area contributed by atoms with Crippen LogP contribution in [0.5, 0.6) is 0 Å². The van der Waals surface area contributed by atoms with Crippen molar-refractivity contribution in [3.8, 4) is 0 Å². The van der Waals surface area contributed by atoms with E-state index in [1.165, 1.54) is 7.05 Å². The molecule has 144 valence electrons. The normalized spacial score (nSPS) is 10.8. The number of hydrogen-bond acceptors (Lipinski definition) is 4. The van der Waals surface area contributed by atoms with Crippen molar-refractivity contribution >= 4 is 33.4 Å². The minimum atomic E-state index is -0.594. The fourth-order valence-electron chi connectivity index (χ4n) is 3.23. The van der Waals surface area contributed by atoms with Gasteiger partial charge in [-0.05, 0) is 22.4 Å². The van der Waals surface area contributed by atoms with E-state index in [1.807, 2.05) is 42.5 Å². The van der Waals surface area contributed by atoms with E-state index < -0.39 is 5.91 Å². The topological polar surface area (TPSA) is 93.1 Å². The minimum Gasteiger partial charge on any atom is -0.273 e. The van der Waals surface area contributed by atoms with E-state index in [1.54, 1.807) is 24.3 Å². The second-order valence-electron chi connectivity index (χ2n) is 6.68. The number of nitrogens with one attached hydrogen (secondary N) is 2. The summed E-state index contributed by atoms with van der Waals surface area (Å²) < 4.78 is 1.11. The van der Waals surface area contributed by atoms with E-state index >= 15 is 0 Å². The van der Waals surface area contributed by atoms with Gasteiger partial charge in [0.2, 0.25) is 5.91 Å². The van der Waals surface area contributed by atoms with Gasteiger partial charge < -0.3 is 0 Å². The van der Waals surface area contributed by atoms with Crippen molar-refractivity contribution in [1.29, 1.82) is 0 Å². The Morgan fingerprint density at radius 1 is 0.897 bits per heavy atom. The van der Waals surface area contributed by atoms with Crippen LogP contribution < -0.4 is 16.4 Å². The molecule has 0 saturated heterocycles. The average molecular weight is 386 g/mol. The van der Waals surface area contributed by atoms with Gasteiger partial charge in [-0.2, -0.15) is 5.10 Å². The predicted octanol–water partition coefficient (Wildman–Crippen LogP) is 2.09. The molecule has 4 rings (SSSR count). The maximum Gasteiger partial charge on any atom is 0.290 e. The lowest BCUT2D eigenvalue weighted by Crippen LogP contribution is -2.43. The Balaban J connectivity index is 1.48. The Kier molecular flexibility index (Phi) is 4.78. The van der Waals surface area contributed by atoms with Crippen LogP contribution in [0.25, 0.3) is 21.5 Å². The lowest BCUT2D eigenvalue weighted by atomic mass is 10.1. The number of amides is 2. The third-order valence-corrected chi connectivity index (χ3v) is 4.67. The smallest absolute Gasteiger partial charge is 0.273 e. The zero-order valence-electron chi connectivity index (χ0n) is 15.7. The third kappa shape index (κ3) is 3.70. The maximum atomic E-state index is 12.6. The molecule has 7 nitrogen and oxygen atoms in total. The first-order chi connectivity index (χ1) is 14.0. The maximum absolute atomic E-state index is 12.6. The molecule has 2 amide bonds. The lowest BCUT2D eigenvalue weighted by Gasteiger charge is -2.10. The molecule has 2 N–H and O–H groups in total. The molecule has 0 saturated carbocycles. The van der Waals surface area contributed by atoms with Crippen molar-refractivity contribution in [3.05, 3.63) is 88.3 Å². The second kappa shape index (κ2) is 7.55. The number of aryl methyl sites for hydroxylation is 1. The van der Waals surface area contributed by atoms with Crippen LogP contribution in [0, 0.1) is 0 Å². The molecule has 0 atom stereocenters. The quantitative estimate of drug-likeness (QED) is 0.527. The van der Waals surface area contributed by atoms with Crippen LogP contribution in [0.2, 0.25) is 0 Å². The van der Waals surface area contributed by atoms with Gasteiger partial charge in [0.25, 0.3) is 11.5 Å². The number of carbonyl (C=O) groups is 2. The van der Waals surface area contributed by atoms with E-state index in [4.69, 9.17) is 0 Å². The standard InChI is InChI=1S/C22H18N4O3/c1-26-22(29)18-9-5-4-8-17(18)20(25-26)21(28)24-23-19(27)13-14-10-11-15-6-2-3-7-16(15)12-14/h2-12H,13H2,1H3,(H,23,27)(H,24,28). The highest BCUT2D eigenvalue weighted by Crippen LogP contribution is 2.16. The van der Waals surface area contributed by atoms with Gasteiger partial charge in [0.05, 0.1) is 11.8 Å². The third-order valence-electron chi connectivity index (χ3n) is 4.67. The molecule has 7 heteroatoms. The summed E-state index contributed by atoms with van der Waals surface area (Å²) in [6.07, 6.45) is 0.118. The molecule has 1 aromatic heterocycles. The Labute approximate surface area is 165 Å². The first-order valence-electron chi connectivity index (χ1n) is 9.06. The number of carbonyl (C=O) groups excluding carboxylic acids is 2. The van der Waals surface area contributed by atoms with Crippen molar-refractivity contribution in [2.45, 2.75) is 6.42 Å². The van der Waals surface area contributed by atoms with Crippen LogP contribution in [0.15, 0.2) is 71.5 Å². The fraction of sp³-hybridized carbons (Fsp3) is 0.0909. The van der Waals surface area contributed by atoms with Crippen LogP contribution in [-0.4, -0.2) is 21.6 Å². The summed E-state index contributed by atoms with van der Waals surface area (Å²) in [5.41, 5.74) is 5.39. The zero-order valence-corrected chi connectivity index (χ0v) is 15.7. The molecular formula is C22H18N4O3. The highest BCUT2D eigenvalue weighted by atomic mass is 16.2.